The van der Waals surface area contributed by atoms with E-state index in [2.05, 4.69) is 32.7 Å². The molecule has 2 heterocycles. The van der Waals surface area contributed by atoms with Crippen LogP contribution in [0, 0.1) is 0 Å². The first-order valence-electron chi connectivity index (χ1n) is 5.27. The highest BCUT2D eigenvalue weighted by Gasteiger charge is 2.20. The lowest BCUT2D eigenvalue weighted by molar-refractivity contribution is 0.0459. The number of rotatable bonds is 3. The Bertz CT molecular complexity index is 310. The monoisotopic (exact) mass is 290 g/mol. The standard InChI is InChI=1S/C10H15BrN2OS/c1-2-14-8-3-5-13(6-4-8)10-12-9(11)7-15-10/h7-8H,2-6H2,1H3. The van der Waals surface area contributed by atoms with Gasteiger partial charge in [0.2, 0.25) is 0 Å². The van der Waals surface area contributed by atoms with Crippen LogP contribution in [-0.2, 0) is 4.74 Å². The fourth-order valence-corrected chi connectivity index (χ4v) is 3.14. The number of piperidine rings is 1. The van der Waals surface area contributed by atoms with Crippen LogP contribution in [0.3, 0.4) is 0 Å². The second-order valence-corrected chi connectivity index (χ2v) is 5.24. The molecule has 1 aromatic heterocycles. The molecule has 84 valence electrons. The molecule has 1 fully saturated rings. The van der Waals surface area contributed by atoms with E-state index in [0.29, 0.717) is 6.10 Å². The maximum Gasteiger partial charge on any atom is 0.186 e. The molecule has 1 aliphatic rings. The molecule has 0 unspecified atom stereocenters. The van der Waals surface area contributed by atoms with Crippen LogP contribution in [0.2, 0.25) is 0 Å². The van der Waals surface area contributed by atoms with Gasteiger partial charge in [-0.25, -0.2) is 4.98 Å². The first-order valence-corrected chi connectivity index (χ1v) is 6.94. The number of hydrogen-bond acceptors (Lipinski definition) is 4. The third kappa shape index (κ3) is 2.92. The van der Waals surface area contributed by atoms with Crippen molar-refractivity contribution >= 4 is 32.4 Å². The average molecular weight is 291 g/mol. The fourth-order valence-electron chi connectivity index (χ4n) is 1.84. The van der Waals surface area contributed by atoms with Crippen molar-refractivity contribution in [2.24, 2.45) is 0 Å². The van der Waals surface area contributed by atoms with Crippen molar-refractivity contribution in [3.05, 3.63) is 9.98 Å². The van der Waals surface area contributed by atoms with Crippen LogP contribution in [0.1, 0.15) is 19.8 Å². The van der Waals surface area contributed by atoms with Gasteiger partial charge in [0.05, 0.1) is 6.10 Å². The highest BCUT2D eigenvalue weighted by molar-refractivity contribution is 9.10. The molecule has 0 aromatic carbocycles. The minimum absolute atomic E-state index is 0.453. The molecule has 0 radical (unpaired) electrons. The topological polar surface area (TPSA) is 25.4 Å². The molecule has 0 bridgehead atoms. The second-order valence-electron chi connectivity index (χ2n) is 3.59. The Balaban J connectivity index is 1.88. The lowest BCUT2D eigenvalue weighted by Crippen LogP contribution is -2.36. The van der Waals surface area contributed by atoms with Gasteiger partial charge in [-0.1, -0.05) is 0 Å². The molecule has 1 saturated heterocycles. The van der Waals surface area contributed by atoms with Crippen LogP contribution in [0.25, 0.3) is 0 Å². The molecule has 0 aliphatic carbocycles. The van der Waals surface area contributed by atoms with E-state index in [1.807, 2.05) is 5.38 Å². The van der Waals surface area contributed by atoms with E-state index in [1.165, 1.54) is 0 Å². The van der Waals surface area contributed by atoms with Gasteiger partial charge in [0.1, 0.15) is 4.60 Å². The highest BCUT2D eigenvalue weighted by atomic mass is 79.9. The zero-order valence-electron chi connectivity index (χ0n) is 8.78. The third-order valence-electron chi connectivity index (χ3n) is 2.58. The molecule has 1 aliphatic heterocycles. The maximum absolute atomic E-state index is 5.62. The SMILES string of the molecule is CCOC1CCN(c2nc(Br)cs2)CC1. The third-order valence-corrected chi connectivity index (χ3v) is 4.19. The normalized spacial score (nSPS) is 18.4. The van der Waals surface area contributed by atoms with E-state index in [9.17, 15) is 0 Å². The van der Waals surface area contributed by atoms with E-state index < -0.39 is 0 Å². The first-order chi connectivity index (χ1) is 7.29. The Labute approximate surface area is 103 Å². The molecule has 1 aromatic rings. The van der Waals surface area contributed by atoms with Gasteiger partial charge >= 0.3 is 0 Å². The van der Waals surface area contributed by atoms with Crippen molar-refractivity contribution in [2.45, 2.75) is 25.9 Å². The Morgan fingerprint density at radius 1 is 1.60 bits per heavy atom. The summed E-state index contributed by atoms with van der Waals surface area (Å²) in [4.78, 5) is 6.76. The van der Waals surface area contributed by atoms with Crippen molar-refractivity contribution in [3.8, 4) is 0 Å². The predicted octanol–water partition coefficient (Wildman–Crippen LogP) is 2.91. The van der Waals surface area contributed by atoms with Crippen LogP contribution in [0.4, 0.5) is 5.13 Å². The zero-order chi connectivity index (χ0) is 10.7. The minimum Gasteiger partial charge on any atom is -0.378 e. The van der Waals surface area contributed by atoms with Crippen LogP contribution in [0.5, 0.6) is 0 Å². The molecular weight excluding hydrogens is 276 g/mol. The van der Waals surface area contributed by atoms with Crippen molar-refractivity contribution in [1.82, 2.24) is 4.98 Å². The van der Waals surface area contributed by atoms with Crippen molar-refractivity contribution < 1.29 is 4.74 Å². The predicted molar refractivity (Wildman–Crippen MR) is 66.7 cm³/mol. The van der Waals surface area contributed by atoms with Gasteiger partial charge in [-0.05, 0) is 35.7 Å². The summed E-state index contributed by atoms with van der Waals surface area (Å²) in [6.07, 6.45) is 2.69. The van der Waals surface area contributed by atoms with E-state index in [4.69, 9.17) is 4.74 Å². The largest absolute Gasteiger partial charge is 0.378 e. The van der Waals surface area contributed by atoms with Gasteiger partial charge < -0.3 is 9.64 Å². The quantitative estimate of drug-likeness (QED) is 0.856. The van der Waals surface area contributed by atoms with Gasteiger partial charge in [-0.2, -0.15) is 0 Å². The average Bonchev–Trinajstić information content (AvgIpc) is 2.67. The van der Waals surface area contributed by atoms with Crippen molar-refractivity contribution in [2.75, 3.05) is 24.6 Å². The Morgan fingerprint density at radius 2 is 2.33 bits per heavy atom. The number of halogens is 1. The lowest BCUT2D eigenvalue weighted by Gasteiger charge is -2.31. The summed E-state index contributed by atoms with van der Waals surface area (Å²) >= 11 is 5.08. The van der Waals surface area contributed by atoms with Crippen molar-refractivity contribution in [3.63, 3.8) is 0 Å². The molecule has 0 saturated carbocycles. The van der Waals surface area contributed by atoms with Gasteiger partial charge in [0, 0.05) is 25.1 Å². The number of aromatic nitrogens is 1. The highest BCUT2D eigenvalue weighted by Crippen LogP contribution is 2.26. The van der Waals surface area contributed by atoms with Crippen LogP contribution < -0.4 is 4.90 Å². The molecule has 5 heteroatoms. The van der Waals surface area contributed by atoms with Crippen LogP contribution in [-0.4, -0.2) is 30.8 Å². The summed E-state index contributed by atoms with van der Waals surface area (Å²) in [5.41, 5.74) is 0. The van der Waals surface area contributed by atoms with Gasteiger partial charge in [0.25, 0.3) is 0 Å². The minimum atomic E-state index is 0.453. The van der Waals surface area contributed by atoms with Crippen LogP contribution in [0.15, 0.2) is 9.98 Å². The first kappa shape index (κ1) is 11.4. The Kier molecular flexibility index (Phi) is 3.99. The number of nitrogens with zero attached hydrogens (tertiary/aromatic N) is 2. The van der Waals surface area contributed by atoms with Crippen molar-refractivity contribution in [1.29, 1.82) is 0 Å². The van der Waals surface area contributed by atoms with E-state index >= 15 is 0 Å². The molecule has 15 heavy (non-hydrogen) atoms. The summed E-state index contributed by atoms with van der Waals surface area (Å²) in [5, 5.41) is 3.15. The Morgan fingerprint density at radius 3 is 2.87 bits per heavy atom. The molecular formula is C10H15BrN2OS. The van der Waals surface area contributed by atoms with Gasteiger partial charge in [0.15, 0.2) is 5.13 Å². The number of anilines is 1. The second kappa shape index (κ2) is 5.27. The smallest absolute Gasteiger partial charge is 0.186 e. The van der Waals surface area contributed by atoms with E-state index in [-0.39, 0.29) is 0 Å². The summed E-state index contributed by atoms with van der Waals surface area (Å²) in [7, 11) is 0. The van der Waals surface area contributed by atoms with E-state index in [0.717, 1.165) is 42.3 Å². The lowest BCUT2D eigenvalue weighted by atomic mass is 10.1. The van der Waals surface area contributed by atoms with E-state index in [1.54, 1.807) is 11.3 Å². The zero-order valence-corrected chi connectivity index (χ0v) is 11.2. The molecule has 0 N–H and O–H groups in total. The molecule has 0 spiro atoms. The molecule has 3 nitrogen and oxygen atoms in total. The van der Waals surface area contributed by atoms with Gasteiger partial charge in [-0.3, -0.25) is 0 Å². The van der Waals surface area contributed by atoms with Gasteiger partial charge in [-0.15, -0.1) is 11.3 Å². The number of hydrogen-bond donors (Lipinski definition) is 0. The molecule has 2 rings (SSSR count). The Hall–Kier alpha value is -0.130. The number of thiazole rings is 1. The summed E-state index contributed by atoms with van der Waals surface area (Å²) in [6, 6.07) is 0. The molecule has 0 atom stereocenters. The van der Waals surface area contributed by atoms with Crippen LogP contribution >= 0.6 is 27.3 Å². The summed E-state index contributed by atoms with van der Waals surface area (Å²) in [5.74, 6) is 0. The molecule has 0 amide bonds. The summed E-state index contributed by atoms with van der Waals surface area (Å²) < 4.78 is 6.56. The summed E-state index contributed by atoms with van der Waals surface area (Å²) in [6.45, 7) is 5.01. The maximum atomic E-state index is 5.62. The fraction of sp³-hybridized carbons (Fsp3) is 0.700. The number of ether oxygens (including phenoxy) is 1.